The lowest BCUT2D eigenvalue weighted by molar-refractivity contribution is 0.568. The summed E-state index contributed by atoms with van der Waals surface area (Å²) < 4.78 is 23.3. The summed E-state index contributed by atoms with van der Waals surface area (Å²) in [6, 6.07) is 0.117. The number of nitrogens with one attached hydrogen (secondary N) is 2. The summed E-state index contributed by atoms with van der Waals surface area (Å²) in [6.45, 7) is 0. The molecule has 0 amide bonds. The molecule has 1 aliphatic carbocycles. The molecule has 0 spiro atoms. The largest absolute Gasteiger partial charge is 0.289 e. The minimum absolute atomic E-state index is 0.117. The van der Waals surface area contributed by atoms with Crippen molar-refractivity contribution in [3.63, 3.8) is 0 Å². The fourth-order valence-corrected chi connectivity index (χ4v) is 1.20. The molecule has 0 aromatic carbocycles. The van der Waals surface area contributed by atoms with Gasteiger partial charge < -0.3 is 0 Å². The zero-order valence-electron chi connectivity index (χ0n) is 4.79. The van der Waals surface area contributed by atoms with Gasteiger partial charge in [0, 0.05) is 6.04 Å². The highest BCUT2D eigenvalue weighted by Crippen LogP contribution is 2.18. The Labute approximate surface area is 53.8 Å². The van der Waals surface area contributed by atoms with Crippen molar-refractivity contribution in [3.05, 3.63) is 0 Å². The van der Waals surface area contributed by atoms with Gasteiger partial charge in [0.15, 0.2) is 0 Å². The van der Waals surface area contributed by atoms with Crippen molar-refractivity contribution in [3.8, 4) is 0 Å². The molecule has 1 fully saturated rings. The first-order valence-electron chi connectivity index (χ1n) is 2.64. The van der Waals surface area contributed by atoms with Gasteiger partial charge in [-0.1, -0.05) is 0 Å². The predicted octanol–water partition coefficient (Wildman–Crippen LogP) is -1.55. The second kappa shape index (κ2) is 2.22. The maximum atomic E-state index is 10.5. The third kappa shape index (κ3) is 2.27. The van der Waals surface area contributed by atoms with Gasteiger partial charge in [0.25, 0.3) is 10.2 Å². The van der Waals surface area contributed by atoms with Gasteiger partial charge in [0.05, 0.1) is 0 Å². The molecule has 0 atom stereocenters. The van der Waals surface area contributed by atoms with Crippen molar-refractivity contribution in [2.24, 2.45) is 5.84 Å². The maximum absolute atomic E-state index is 10.5. The van der Waals surface area contributed by atoms with Crippen LogP contribution in [0.3, 0.4) is 0 Å². The lowest BCUT2D eigenvalue weighted by Crippen LogP contribution is -2.41. The maximum Gasteiger partial charge on any atom is 0.289 e. The number of nitrogens with two attached hydrogens (primary N) is 1. The van der Waals surface area contributed by atoms with Crippen molar-refractivity contribution < 1.29 is 8.42 Å². The van der Waals surface area contributed by atoms with Crippen LogP contribution < -0.4 is 15.4 Å². The molecule has 5 nitrogen and oxygen atoms in total. The van der Waals surface area contributed by atoms with Crippen LogP contribution in [0.1, 0.15) is 12.8 Å². The molecule has 1 saturated carbocycles. The Balaban J connectivity index is 2.40. The van der Waals surface area contributed by atoms with Gasteiger partial charge in [0.1, 0.15) is 0 Å². The van der Waals surface area contributed by atoms with Crippen LogP contribution in [-0.4, -0.2) is 14.5 Å². The number of hydrogen-bond acceptors (Lipinski definition) is 3. The first-order valence-corrected chi connectivity index (χ1v) is 4.12. The van der Waals surface area contributed by atoms with E-state index in [0.29, 0.717) is 0 Å². The zero-order chi connectivity index (χ0) is 6.91. The summed E-state index contributed by atoms with van der Waals surface area (Å²) in [5.74, 6) is 4.68. The summed E-state index contributed by atoms with van der Waals surface area (Å²) in [5.41, 5.74) is 0. The summed E-state index contributed by atoms with van der Waals surface area (Å²) in [4.78, 5) is 1.67. The molecule has 0 aromatic rings. The molecule has 0 aliphatic heterocycles. The molecule has 1 aliphatic rings. The Morgan fingerprint density at radius 3 is 2.33 bits per heavy atom. The summed E-state index contributed by atoms with van der Waals surface area (Å²) >= 11 is 0. The Kier molecular flexibility index (Phi) is 1.71. The van der Waals surface area contributed by atoms with Crippen molar-refractivity contribution in [2.45, 2.75) is 18.9 Å². The number of rotatable bonds is 3. The molecule has 0 heterocycles. The average Bonchev–Trinajstić information content (AvgIpc) is 2.50. The first-order chi connectivity index (χ1) is 4.14. The van der Waals surface area contributed by atoms with Crippen molar-refractivity contribution in [1.29, 1.82) is 0 Å². The molecule has 0 saturated heterocycles. The van der Waals surface area contributed by atoms with Gasteiger partial charge >= 0.3 is 0 Å². The Morgan fingerprint density at radius 1 is 1.44 bits per heavy atom. The Bertz CT molecular complexity index is 183. The van der Waals surface area contributed by atoms with Gasteiger partial charge in [-0.05, 0) is 12.8 Å². The molecule has 9 heavy (non-hydrogen) atoms. The molecular weight excluding hydrogens is 142 g/mol. The minimum Gasteiger partial charge on any atom is -0.257 e. The fourth-order valence-electron chi connectivity index (χ4n) is 0.455. The van der Waals surface area contributed by atoms with Crippen LogP contribution in [0, 0.1) is 0 Å². The topological polar surface area (TPSA) is 84.2 Å². The molecule has 4 N–H and O–H groups in total. The van der Waals surface area contributed by atoms with E-state index in [1.807, 2.05) is 0 Å². The van der Waals surface area contributed by atoms with Gasteiger partial charge in [-0.25, -0.2) is 0 Å². The predicted molar refractivity (Wildman–Crippen MR) is 32.4 cm³/mol. The van der Waals surface area contributed by atoms with Crippen LogP contribution >= 0.6 is 0 Å². The molecule has 0 bridgehead atoms. The van der Waals surface area contributed by atoms with Crippen LogP contribution in [0.2, 0.25) is 0 Å². The quantitative estimate of drug-likeness (QED) is 0.337. The highest BCUT2D eigenvalue weighted by molar-refractivity contribution is 7.87. The molecule has 0 aromatic heterocycles. The Hall–Kier alpha value is -0.170. The smallest absolute Gasteiger partial charge is 0.257 e. The van der Waals surface area contributed by atoms with Crippen LogP contribution in [0.5, 0.6) is 0 Å². The minimum atomic E-state index is -3.38. The number of hydrazine groups is 1. The third-order valence-corrected chi connectivity index (χ3v) is 2.01. The highest BCUT2D eigenvalue weighted by atomic mass is 32.2. The van der Waals surface area contributed by atoms with E-state index in [1.54, 1.807) is 4.83 Å². The standard InChI is InChI=1S/C3H9N3O2S/c4-6-9(7,8)5-3-1-2-3/h3,5-6H,1-2,4H2. The van der Waals surface area contributed by atoms with Crippen LogP contribution in [0.15, 0.2) is 0 Å². The lowest BCUT2D eigenvalue weighted by Gasteiger charge is -1.99. The van der Waals surface area contributed by atoms with E-state index in [9.17, 15) is 8.42 Å². The number of hydrogen-bond donors (Lipinski definition) is 3. The first kappa shape index (κ1) is 6.94. The zero-order valence-corrected chi connectivity index (χ0v) is 5.61. The molecule has 0 radical (unpaired) electrons. The van der Waals surface area contributed by atoms with E-state index in [2.05, 4.69) is 10.6 Å². The normalized spacial score (nSPS) is 20.1. The van der Waals surface area contributed by atoms with Gasteiger partial charge in [-0.2, -0.15) is 13.1 Å². The van der Waals surface area contributed by atoms with Crippen molar-refractivity contribution >= 4 is 10.2 Å². The van der Waals surface area contributed by atoms with E-state index in [1.165, 1.54) is 0 Å². The van der Waals surface area contributed by atoms with Crippen LogP contribution in [0.25, 0.3) is 0 Å². The van der Waals surface area contributed by atoms with E-state index in [4.69, 9.17) is 0 Å². The van der Waals surface area contributed by atoms with E-state index >= 15 is 0 Å². The van der Waals surface area contributed by atoms with Crippen molar-refractivity contribution in [2.75, 3.05) is 0 Å². The summed E-state index contributed by atoms with van der Waals surface area (Å²) in [7, 11) is -3.38. The molecule has 6 heteroatoms. The van der Waals surface area contributed by atoms with Crippen LogP contribution in [0.4, 0.5) is 0 Å². The van der Waals surface area contributed by atoms with Crippen LogP contribution in [-0.2, 0) is 10.2 Å². The fraction of sp³-hybridized carbons (Fsp3) is 1.00. The van der Waals surface area contributed by atoms with E-state index in [-0.39, 0.29) is 6.04 Å². The third-order valence-electron chi connectivity index (χ3n) is 1.05. The van der Waals surface area contributed by atoms with Gasteiger partial charge in [-0.15, -0.1) is 4.83 Å². The lowest BCUT2D eigenvalue weighted by atomic mass is 10.8. The van der Waals surface area contributed by atoms with E-state index in [0.717, 1.165) is 12.8 Å². The van der Waals surface area contributed by atoms with Gasteiger partial charge in [0.2, 0.25) is 0 Å². The average molecular weight is 151 g/mol. The highest BCUT2D eigenvalue weighted by Gasteiger charge is 2.25. The van der Waals surface area contributed by atoms with Gasteiger partial charge in [-0.3, -0.25) is 5.84 Å². The molecule has 0 unspecified atom stereocenters. The molecule has 1 rings (SSSR count). The van der Waals surface area contributed by atoms with Crippen molar-refractivity contribution in [1.82, 2.24) is 9.55 Å². The van der Waals surface area contributed by atoms with E-state index < -0.39 is 10.2 Å². The monoisotopic (exact) mass is 151 g/mol. The molecular formula is C3H9N3O2S. The Morgan fingerprint density at radius 2 is 2.00 bits per heavy atom. The second-order valence-corrected chi connectivity index (χ2v) is 3.49. The second-order valence-electron chi connectivity index (χ2n) is 2.01. The summed E-state index contributed by atoms with van der Waals surface area (Å²) in [5, 5.41) is 0. The SMILES string of the molecule is NNS(=O)(=O)NC1CC1. The summed E-state index contributed by atoms with van der Waals surface area (Å²) in [6.07, 6.45) is 1.84. The molecule has 54 valence electrons.